The molecule has 0 saturated carbocycles. The van der Waals surface area contributed by atoms with Crippen LogP contribution in [0.5, 0.6) is 0 Å². The van der Waals surface area contributed by atoms with E-state index in [4.69, 9.17) is 11.5 Å². The second kappa shape index (κ2) is 4.72. The average Bonchev–Trinajstić information content (AvgIpc) is 2.39. The van der Waals surface area contributed by atoms with Gasteiger partial charge in [-0.2, -0.15) is 0 Å². The Morgan fingerprint density at radius 2 is 1.74 bits per heavy atom. The maximum absolute atomic E-state index is 12.6. The van der Waals surface area contributed by atoms with E-state index in [1.165, 1.54) is 0 Å². The Labute approximate surface area is 112 Å². The van der Waals surface area contributed by atoms with E-state index in [0.717, 1.165) is 5.56 Å². The van der Waals surface area contributed by atoms with Crippen molar-refractivity contribution in [2.24, 2.45) is 0 Å². The largest absolute Gasteiger partial charge is 0.399 e. The van der Waals surface area contributed by atoms with E-state index >= 15 is 0 Å². The summed E-state index contributed by atoms with van der Waals surface area (Å²) in [5.41, 5.74) is 12.8. The number of aromatic nitrogens is 1. The molecule has 0 unspecified atom stereocenters. The first-order valence-corrected chi connectivity index (χ1v) is 6.04. The highest BCUT2D eigenvalue weighted by atomic mass is 16.1. The van der Waals surface area contributed by atoms with E-state index in [0.29, 0.717) is 11.3 Å². The van der Waals surface area contributed by atoms with Crippen molar-refractivity contribution < 1.29 is 4.79 Å². The molecule has 4 N–H and O–H groups in total. The summed E-state index contributed by atoms with van der Waals surface area (Å²) in [5, 5.41) is 0. The number of anilines is 2. The molecule has 0 bridgehead atoms. The van der Waals surface area contributed by atoms with Gasteiger partial charge >= 0.3 is 0 Å². The number of ketones is 1. The van der Waals surface area contributed by atoms with Crippen LogP contribution in [0.2, 0.25) is 0 Å². The maximum Gasteiger partial charge on any atom is 0.176 e. The minimum Gasteiger partial charge on any atom is -0.399 e. The molecule has 0 radical (unpaired) electrons. The predicted octanol–water partition coefficient (Wildman–Crippen LogP) is 2.41. The number of Topliss-reactive ketones (excluding diaryl/α,β-unsaturated/α-hetero) is 1. The monoisotopic (exact) mass is 255 g/mol. The van der Waals surface area contributed by atoms with Gasteiger partial charge in [0.1, 0.15) is 5.82 Å². The second-order valence-electron chi connectivity index (χ2n) is 5.01. The lowest BCUT2D eigenvalue weighted by atomic mass is 9.78. The van der Waals surface area contributed by atoms with Gasteiger partial charge in [0.05, 0.1) is 11.0 Å². The molecule has 1 aromatic heterocycles. The van der Waals surface area contributed by atoms with Crippen molar-refractivity contribution >= 4 is 17.3 Å². The summed E-state index contributed by atoms with van der Waals surface area (Å²) >= 11 is 0. The fourth-order valence-electron chi connectivity index (χ4n) is 1.98. The molecule has 0 aliphatic heterocycles. The molecule has 0 fully saturated rings. The summed E-state index contributed by atoms with van der Waals surface area (Å²) in [6.07, 6.45) is 1.57. The first kappa shape index (κ1) is 13.1. The van der Waals surface area contributed by atoms with Crippen molar-refractivity contribution in [1.82, 2.24) is 4.98 Å². The number of carbonyl (C=O) groups excluding carboxylic acids is 1. The van der Waals surface area contributed by atoms with Crippen molar-refractivity contribution in [1.29, 1.82) is 0 Å². The Morgan fingerprint density at radius 1 is 1.11 bits per heavy atom. The van der Waals surface area contributed by atoms with Crippen molar-refractivity contribution in [3.63, 3.8) is 0 Å². The van der Waals surface area contributed by atoms with Gasteiger partial charge in [-0.25, -0.2) is 4.98 Å². The third-order valence-electron chi connectivity index (χ3n) is 3.28. The van der Waals surface area contributed by atoms with Crippen LogP contribution in [-0.2, 0) is 5.41 Å². The van der Waals surface area contributed by atoms with E-state index in [9.17, 15) is 4.79 Å². The van der Waals surface area contributed by atoms with Gasteiger partial charge < -0.3 is 11.5 Å². The minimum atomic E-state index is -0.676. The Kier molecular flexibility index (Phi) is 3.25. The van der Waals surface area contributed by atoms with E-state index in [1.807, 2.05) is 26.0 Å². The molecule has 0 aliphatic carbocycles. The zero-order chi connectivity index (χ0) is 14.0. The first-order valence-electron chi connectivity index (χ1n) is 6.04. The summed E-state index contributed by atoms with van der Waals surface area (Å²) in [5.74, 6) is 0.207. The fraction of sp³-hybridized carbons (Fsp3) is 0.200. The topological polar surface area (TPSA) is 82.0 Å². The molecule has 98 valence electrons. The standard InChI is InChI=1S/C15H17N3O/c1-15(2,10-5-7-11(16)8-6-10)13(19)12-4-3-9-18-14(12)17/h3-9H,16H2,1-2H3,(H2,17,18). The number of pyridine rings is 1. The molecule has 0 saturated heterocycles. The van der Waals surface area contributed by atoms with Crippen LogP contribution in [-0.4, -0.2) is 10.8 Å². The number of carbonyl (C=O) groups is 1. The van der Waals surface area contributed by atoms with Crippen molar-refractivity contribution in [2.75, 3.05) is 11.5 Å². The zero-order valence-corrected chi connectivity index (χ0v) is 11.1. The van der Waals surface area contributed by atoms with Gasteiger partial charge in [-0.1, -0.05) is 12.1 Å². The smallest absolute Gasteiger partial charge is 0.176 e. The van der Waals surface area contributed by atoms with Gasteiger partial charge in [0.2, 0.25) is 0 Å². The summed E-state index contributed by atoms with van der Waals surface area (Å²) < 4.78 is 0. The van der Waals surface area contributed by atoms with Crippen LogP contribution in [0.25, 0.3) is 0 Å². The van der Waals surface area contributed by atoms with E-state index in [-0.39, 0.29) is 11.6 Å². The Bertz CT molecular complexity index is 603. The Morgan fingerprint density at radius 3 is 2.32 bits per heavy atom. The Balaban J connectivity index is 2.42. The first-order chi connectivity index (χ1) is 8.93. The van der Waals surface area contributed by atoms with Gasteiger partial charge in [-0.3, -0.25) is 4.79 Å². The predicted molar refractivity (Wildman–Crippen MR) is 76.9 cm³/mol. The minimum absolute atomic E-state index is 0.0529. The van der Waals surface area contributed by atoms with Gasteiger partial charge in [-0.05, 0) is 43.7 Å². The zero-order valence-electron chi connectivity index (χ0n) is 11.1. The molecular formula is C15H17N3O. The van der Waals surface area contributed by atoms with Crippen LogP contribution in [0.1, 0.15) is 29.8 Å². The van der Waals surface area contributed by atoms with Gasteiger partial charge in [0, 0.05) is 11.9 Å². The van der Waals surface area contributed by atoms with Crippen molar-refractivity contribution in [2.45, 2.75) is 19.3 Å². The SMILES string of the molecule is CC(C)(C(=O)c1cccnc1N)c1ccc(N)cc1. The summed E-state index contributed by atoms with van der Waals surface area (Å²) in [4.78, 5) is 16.6. The molecule has 0 aliphatic rings. The van der Waals surface area contributed by atoms with E-state index < -0.39 is 5.41 Å². The number of rotatable bonds is 3. The lowest BCUT2D eigenvalue weighted by Crippen LogP contribution is -2.30. The molecule has 1 aromatic carbocycles. The van der Waals surface area contributed by atoms with Crippen LogP contribution in [0.4, 0.5) is 11.5 Å². The van der Waals surface area contributed by atoms with Crippen LogP contribution in [0.15, 0.2) is 42.6 Å². The molecule has 19 heavy (non-hydrogen) atoms. The fourth-order valence-corrected chi connectivity index (χ4v) is 1.98. The lowest BCUT2D eigenvalue weighted by Gasteiger charge is -2.24. The lowest BCUT2D eigenvalue weighted by molar-refractivity contribution is 0.0909. The summed E-state index contributed by atoms with van der Waals surface area (Å²) in [6.45, 7) is 3.74. The third-order valence-corrected chi connectivity index (χ3v) is 3.28. The van der Waals surface area contributed by atoms with Gasteiger partial charge in [0.25, 0.3) is 0 Å². The third kappa shape index (κ3) is 2.42. The van der Waals surface area contributed by atoms with Crippen molar-refractivity contribution in [3.05, 3.63) is 53.7 Å². The molecule has 0 spiro atoms. The summed E-state index contributed by atoms with van der Waals surface area (Å²) in [7, 11) is 0. The molecule has 4 nitrogen and oxygen atoms in total. The normalized spacial score (nSPS) is 11.3. The molecule has 4 heteroatoms. The number of nitrogens with two attached hydrogens (primary N) is 2. The molecule has 1 heterocycles. The Hall–Kier alpha value is -2.36. The highest BCUT2D eigenvalue weighted by molar-refractivity contribution is 6.06. The number of hydrogen-bond acceptors (Lipinski definition) is 4. The highest BCUT2D eigenvalue weighted by Gasteiger charge is 2.31. The summed E-state index contributed by atoms with van der Waals surface area (Å²) in [6, 6.07) is 10.7. The molecular weight excluding hydrogens is 238 g/mol. The molecule has 2 rings (SSSR count). The van der Waals surface area contributed by atoms with E-state index in [1.54, 1.807) is 30.5 Å². The number of hydrogen-bond donors (Lipinski definition) is 2. The number of nitrogens with zero attached hydrogens (tertiary/aromatic N) is 1. The highest BCUT2D eigenvalue weighted by Crippen LogP contribution is 2.29. The average molecular weight is 255 g/mol. The molecule has 0 atom stereocenters. The van der Waals surface area contributed by atoms with Crippen LogP contribution in [0, 0.1) is 0 Å². The number of nitrogen functional groups attached to an aromatic ring is 2. The van der Waals surface area contributed by atoms with Crippen LogP contribution in [0.3, 0.4) is 0 Å². The quantitative estimate of drug-likeness (QED) is 0.651. The van der Waals surface area contributed by atoms with Crippen molar-refractivity contribution in [3.8, 4) is 0 Å². The van der Waals surface area contributed by atoms with Gasteiger partial charge in [-0.15, -0.1) is 0 Å². The van der Waals surface area contributed by atoms with Crippen LogP contribution < -0.4 is 11.5 Å². The molecule has 2 aromatic rings. The molecule has 0 amide bonds. The van der Waals surface area contributed by atoms with Gasteiger partial charge in [0.15, 0.2) is 5.78 Å². The van der Waals surface area contributed by atoms with Crippen LogP contribution >= 0.6 is 0 Å². The number of benzene rings is 1. The maximum atomic E-state index is 12.6. The second-order valence-corrected chi connectivity index (χ2v) is 5.01. The van der Waals surface area contributed by atoms with E-state index in [2.05, 4.69) is 4.98 Å².